The molecule has 0 bridgehead atoms. The largest absolute Gasteiger partial charge is 0.325 e. The lowest BCUT2D eigenvalue weighted by Gasteiger charge is -2.20. The van der Waals surface area contributed by atoms with Crippen molar-refractivity contribution in [1.82, 2.24) is 0 Å². The minimum atomic E-state index is -3.79. The van der Waals surface area contributed by atoms with E-state index in [9.17, 15) is 17.6 Å². The van der Waals surface area contributed by atoms with Gasteiger partial charge in [0.15, 0.2) is 0 Å². The molecule has 1 aliphatic carbocycles. The highest BCUT2D eigenvalue weighted by Crippen LogP contribution is 2.49. The highest BCUT2D eigenvalue weighted by Gasteiger charge is 2.51. The van der Waals surface area contributed by atoms with E-state index in [0.717, 1.165) is 5.56 Å². The number of para-hydroxylation sites is 1. The standard InChI is InChI=1S/C23H21FN2O3S/c1-26(20-7-3-2-4-8-20)30(28,29)21-9-5-6-19(16-21)25-22(27)23(14-15-23)17-10-12-18(24)13-11-17/h2-13,16H,14-15H2,1H3,(H,25,27). The van der Waals surface area contributed by atoms with Gasteiger partial charge in [-0.1, -0.05) is 36.4 Å². The first kappa shape index (κ1) is 20.1. The van der Waals surface area contributed by atoms with Crippen LogP contribution in [0.4, 0.5) is 15.8 Å². The Morgan fingerprint density at radius 3 is 2.27 bits per heavy atom. The second kappa shape index (κ2) is 7.57. The maximum absolute atomic E-state index is 13.2. The predicted octanol–water partition coefficient (Wildman–Crippen LogP) is 4.32. The molecular weight excluding hydrogens is 403 g/mol. The molecule has 3 aromatic carbocycles. The fourth-order valence-electron chi connectivity index (χ4n) is 3.46. The summed E-state index contributed by atoms with van der Waals surface area (Å²) in [5.74, 6) is -0.574. The van der Waals surface area contributed by atoms with E-state index in [-0.39, 0.29) is 16.6 Å². The highest BCUT2D eigenvalue weighted by molar-refractivity contribution is 7.92. The third-order valence-corrected chi connectivity index (χ3v) is 7.23. The van der Waals surface area contributed by atoms with Gasteiger partial charge < -0.3 is 5.32 Å². The first-order valence-electron chi connectivity index (χ1n) is 9.54. The van der Waals surface area contributed by atoms with Gasteiger partial charge in [0, 0.05) is 12.7 Å². The van der Waals surface area contributed by atoms with Crippen LogP contribution >= 0.6 is 0 Å². The Morgan fingerprint density at radius 2 is 1.63 bits per heavy atom. The van der Waals surface area contributed by atoms with Crippen LogP contribution < -0.4 is 9.62 Å². The van der Waals surface area contributed by atoms with Crippen LogP contribution in [0.1, 0.15) is 18.4 Å². The van der Waals surface area contributed by atoms with Crippen LogP contribution in [0.15, 0.2) is 83.8 Å². The smallest absolute Gasteiger partial charge is 0.264 e. The topological polar surface area (TPSA) is 66.5 Å². The van der Waals surface area contributed by atoms with Crippen LogP contribution in [-0.4, -0.2) is 21.4 Å². The second-order valence-electron chi connectivity index (χ2n) is 7.38. The Bertz CT molecular complexity index is 1170. The lowest BCUT2D eigenvalue weighted by molar-refractivity contribution is -0.118. The van der Waals surface area contributed by atoms with Crippen LogP contribution in [-0.2, 0) is 20.2 Å². The minimum Gasteiger partial charge on any atom is -0.325 e. The number of sulfonamides is 1. The first-order valence-corrected chi connectivity index (χ1v) is 11.0. The molecule has 0 atom stereocenters. The molecule has 0 radical (unpaired) electrons. The SMILES string of the molecule is CN(c1ccccc1)S(=O)(=O)c1cccc(NC(=O)C2(c3ccc(F)cc3)CC2)c1. The molecule has 4 rings (SSSR count). The number of anilines is 2. The normalized spacial score (nSPS) is 14.7. The van der Waals surface area contributed by atoms with Crippen molar-refractivity contribution in [3.63, 3.8) is 0 Å². The number of hydrogen-bond donors (Lipinski definition) is 1. The number of carbonyl (C=O) groups excluding carboxylic acids is 1. The number of amides is 1. The molecule has 1 amide bonds. The maximum atomic E-state index is 13.2. The van der Waals surface area contributed by atoms with Crippen LogP contribution in [0.5, 0.6) is 0 Å². The molecule has 154 valence electrons. The monoisotopic (exact) mass is 424 g/mol. The fourth-order valence-corrected chi connectivity index (χ4v) is 4.70. The van der Waals surface area contributed by atoms with Crippen molar-refractivity contribution in [1.29, 1.82) is 0 Å². The maximum Gasteiger partial charge on any atom is 0.264 e. The average molecular weight is 424 g/mol. The third kappa shape index (κ3) is 3.68. The molecule has 1 aliphatic rings. The number of halogens is 1. The van der Waals surface area contributed by atoms with E-state index < -0.39 is 15.4 Å². The molecule has 5 nitrogen and oxygen atoms in total. The Morgan fingerprint density at radius 1 is 0.967 bits per heavy atom. The van der Waals surface area contributed by atoms with Gasteiger partial charge in [-0.2, -0.15) is 0 Å². The van der Waals surface area contributed by atoms with Crippen molar-refractivity contribution in [3.05, 3.63) is 90.2 Å². The quantitative estimate of drug-likeness (QED) is 0.641. The van der Waals surface area contributed by atoms with E-state index in [1.165, 1.54) is 35.6 Å². The van der Waals surface area contributed by atoms with Gasteiger partial charge in [-0.05, 0) is 60.9 Å². The third-order valence-electron chi connectivity index (χ3n) is 5.45. The van der Waals surface area contributed by atoms with Crippen molar-refractivity contribution in [2.45, 2.75) is 23.2 Å². The molecule has 0 unspecified atom stereocenters. The summed E-state index contributed by atoms with van der Waals surface area (Å²) < 4.78 is 40.5. The van der Waals surface area contributed by atoms with Crippen molar-refractivity contribution < 1.29 is 17.6 Å². The summed E-state index contributed by atoms with van der Waals surface area (Å²) in [6, 6.07) is 20.9. The van der Waals surface area contributed by atoms with Crippen molar-refractivity contribution in [2.75, 3.05) is 16.7 Å². The molecule has 0 aliphatic heterocycles. The lowest BCUT2D eigenvalue weighted by atomic mass is 9.95. The van der Waals surface area contributed by atoms with Gasteiger partial charge in [0.2, 0.25) is 5.91 Å². The summed E-state index contributed by atoms with van der Waals surface area (Å²) in [4.78, 5) is 13.0. The number of hydrogen-bond acceptors (Lipinski definition) is 3. The van der Waals surface area contributed by atoms with Crippen molar-refractivity contribution in [3.8, 4) is 0 Å². The molecule has 0 saturated heterocycles. The van der Waals surface area contributed by atoms with Gasteiger partial charge in [-0.15, -0.1) is 0 Å². The molecule has 1 N–H and O–H groups in total. The molecular formula is C23H21FN2O3S. The number of carbonyl (C=O) groups is 1. The Labute approximate surface area is 175 Å². The van der Waals surface area contributed by atoms with E-state index in [4.69, 9.17) is 0 Å². The van der Waals surface area contributed by atoms with E-state index in [0.29, 0.717) is 24.2 Å². The Balaban J connectivity index is 1.57. The summed E-state index contributed by atoms with van der Waals surface area (Å²) >= 11 is 0. The van der Waals surface area contributed by atoms with E-state index >= 15 is 0 Å². The fraction of sp³-hybridized carbons (Fsp3) is 0.174. The van der Waals surface area contributed by atoms with Crippen molar-refractivity contribution in [2.24, 2.45) is 0 Å². The molecule has 1 saturated carbocycles. The summed E-state index contributed by atoms with van der Waals surface area (Å²) in [5.41, 5.74) is 1.01. The van der Waals surface area contributed by atoms with Crippen LogP contribution in [0.25, 0.3) is 0 Å². The summed E-state index contributed by atoms with van der Waals surface area (Å²) in [5, 5.41) is 2.83. The summed E-state index contributed by atoms with van der Waals surface area (Å²) in [6.07, 6.45) is 1.33. The molecule has 0 heterocycles. The first-order chi connectivity index (χ1) is 14.3. The van der Waals surface area contributed by atoms with E-state index in [2.05, 4.69) is 5.32 Å². The molecule has 30 heavy (non-hydrogen) atoms. The number of nitrogens with one attached hydrogen (secondary N) is 1. The van der Waals surface area contributed by atoms with Crippen LogP contribution in [0.2, 0.25) is 0 Å². The second-order valence-corrected chi connectivity index (χ2v) is 9.35. The van der Waals surface area contributed by atoms with E-state index in [1.54, 1.807) is 48.5 Å². The summed E-state index contributed by atoms with van der Waals surface area (Å²) in [6.45, 7) is 0. The zero-order valence-corrected chi connectivity index (χ0v) is 17.2. The van der Waals surface area contributed by atoms with Gasteiger partial charge in [-0.25, -0.2) is 12.8 Å². The zero-order chi connectivity index (χ0) is 21.4. The van der Waals surface area contributed by atoms with E-state index in [1.807, 2.05) is 6.07 Å². The number of nitrogens with zero attached hydrogens (tertiary/aromatic N) is 1. The van der Waals surface area contributed by atoms with Gasteiger partial charge in [-0.3, -0.25) is 9.10 Å². The molecule has 7 heteroatoms. The number of benzene rings is 3. The minimum absolute atomic E-state index is 0.0817. The summed E-state index contributed by atoms with van der Waals surface area (Å²) in [7, 11) is -2.30. The molecule has 0 aromatic heterocycles. The highest BCUT2D eigenvalue weighted by atomic mass is 32.2. The van der Waals surface area contributed by atoms with Gasteiger partial charge in [0.05, 0.1) is 16.0 Å². The Hall–Kier alpha value is -3.19. The van der Waals surface area contributed by atoms with Gasteiger partial charge in [0.25, 0.3) is 10.0 Å². The zero-order valence-electron chi connectivity index (χ0n) is 16.4. The van der Waals surface area contributed by atoms with Crippen LogP contribution in [0.3, 0.4) is 0 Å². The number of rotatable bonds is 6. The average Bonchev–Trinajstić information content (AvgIpc) is 3.57. The van der Waals surface area contributed by atoms with Gasteiger partial charge in [0.1, 0.15) is 5.82 Å². The Kier molecular flexibility index (Phi) is 5.07. The molecule has 3 aromatic rings. The lowest BCUT2D eigenvalue weighted by Crippen LogP contribution is -2.28. The van der Waals surface area contributed by atoms with Gasteiger partial charge >= 0.3 is 0 Å². The molecule has 1 fully saturated rings. The van der Waals surface area contributed by atoms with Crippen LogP contribution in [0, 0.1) is 5.82 Å². The molecule has 0 spiro atoms. The predicted molar refractivity (Wildman–Crippen MR) is 114 cm³/mol. The van der Waals surface area contributed by atoms with Crippen molar-refractivity contribution >= 4 is 27.3 Å².